The van der Waals surface area contributed by atoms with Crippen molar-refractivity contribution in [3.63, 3.8) is 0 Å². The van der Waals surface area contributed by atoms with Gasteiger partial charge in [0, 0.05) is 23.2 Å². The molecular formula is C12H15ClN2O3. The first kappa shape index (κ1) is 13.1. The van der Waals surface area contributed by atoms with Crippen LogP contribution < -0.4 is 10.5 Å². The summed E-state index contributed by atoms with van der Waals surface area (Å²) in [5.41, 5.74) is 5.76. The zero-order valence-corrected chi connectivity index (χ0v) is 10.6. The summed E-state index contributed by atoms with van der Waals surface area (Å²) in [6.07, 6.45) is 3.41. The molecule has 1 fully saturated rings. The minimum Gasteiger partial charge on any atom is -0.483 e. The topological polar surface area (TPSA) is 78.4 Å². The minimum absolute atomic E-state index is 0.0121. The average Bonchev–Trinajstić information content (AvgIpc) is 2.32. The van der Waals surface area contributed by atoms with Crippen LogP contribution in [0.5, 0.6) is 5.75 Å². The standard InChI is InChI=1S/C12H15ClN2O3/c13-8-1-6-11(15(16)17)12(7-8)18-10-4-2-9(14)3-5-10/h1,6-7,9-10H,2-5,14H2. The third kappa shape index (κ3) is 3.11. The molecule has 0 radical (unpaired) electrons. The molecule has 0 saturated heterocycles. The monoisotopic (exact) mass is 270 g/mol. The van der Waals surface area contributed by atoms with Crippen LogP contribution in [0.3, 0.4) is 0 Å². The molecule has 0 amide bonds. The van der Waals surface area contributed by atoms with Gasteiger partial charge in [-0.25, -0.2) is 0 Å². The number of nitro groups is 1. The fourth-order valence-electron chi connectivity index (χ4n) is 2.12. The lowest BCUT2D eigenvalue weighted by molar-refractivity contribution is -0.386. The van der Waals surface area contributed by atoms with Gasteiger partial charge in [0.15, 0.2) is 5.75 Å². The third-order valence-electron chi connectivity index (χ3n) is 3.13. The van der Waals surface area contributed by atoms with Crippen molar-refractivity contribution in [3.8, 4) is 5.75 Å². The molecule has 0 heterocycles. The van der Waals surface area contributed by atoms with Crippen LogP contribution in [-0.4, -0.2) is 17.1 Å². The predicted octanol–water partition coefficient (Wildman–Crippen LogP) is 2.90. The molecule has 2 N–H and O–H groups in total. The molecule has 18 heavy (non-hydrogen) atoms. The summed E-state index contributed by atoms with van der Waals surface area (Å²) in [7, 11) is 0. The highest BCUT2D eigenvalue weighted by atomic mass is 35.5. The van der Waals surface area contributed by atoms with E-state index in [1.165, 1.54) is 18.2 Å². The van der Waals surface area contributed by atoms with E-state index in [-0.39, 0.29) is 23.6 Å². The maximum Gasteiger partial charge on any atom is 0.311 e. The fourth-order valence-corrected chi connectivity index (χ4v) is 2.28. The van der Waals surface area contributed by atoms with E-state index in [1.807, 2.05) is 0 Å². The first-order valence-corrected chi connectivity index (χ1v) is 6.30. The zero-order valence-electron chi connectivity index (χ0n) is 9.84. The Kier molecular flexibility index (Phi) is 4.04. The molecule has 0 aromatic heterocycles. The van der Waals surface area contributed by atoms with Crippen molar-refractivity contribution in [2.45, 2.75) is 37.8 Å². The lowest BCUT2D eigenvalue weighted by Gasteiger charge is -2.26. The van der Waals surface area contributed by atoms with Gasteiger partial charge in [-0.15, -0.1) is 0 Å². The Morgan fingerprint density at radius 1 is 1.33 bits per heavy atom. The van der Waals surface area contributed by atoms with Crippen molar-refractivity contribution in [3.05, 3.63) is 33.3 Å². The van der Waals surface area contributed by atoms with Crippen LogP contribution in [0.2, 0.25) is 5.02 Å². The molecule has 1 aromatic carbocycles. The molecule has 1 aromatic rings. The number of nitrogens with zero attached hydrogens (tertiary/aromatic N) is 1. The number of hydrogen-bond acceptors (Lipinski definition) is 4. The Hall–Kier alpha value is -1.33. The van der Waals surface area contributed by atoms with Gasteiger partial charge in [0.1, 0.15) is 0 Å². The van der Waals surface area contributed by atoms with Crippen molar-refractivity contribution in [2.75, 3.05) is 0 Å². The molecular weight excluding hydrogens is 256 g/mol. The Labute approximate surface area is 110 Å². The molecule has 5 nitrogen and oxygen atoms in total. The highest BCUT2D eigenvalue weighted by molar-refractivity contribution is 6.30. The van der Waals surface area contributed by atoms with Gasteiger partial charge in [-0.05, 0) is 31.7 Å². The number of rotatable bonds is 3. The van der Waals surface area contributed by atoms with Crippen LogP contribution in [0.25, 0.3) is 0 Å². The summed E-state index contributed by atoms with van der Waals surface area (Å²) in [4.78, 5) is 10.4. The molecule has 6 heteroatoms. The predicted molar refractivity (Wildman–Crippen MR) is 69.0 cm³/mol. The second-order valence-corrected chi connectivity index (χ2v) is 4.96. The lowest BCUT2D eigenvalue weighted by atomic mass is 9.94. The summed E-state index contributed by atoms with van der Waals surface area (Å²) >= 11 is 5.84. The van der Waals surface area contributed by atoms with E-state index in [1.54, 1.807) is 0 Å². The van der Waals surface area contributed by atoms with E-state index in [2.05, 4.69) is 0 Å². The van der Waals surface area contributed by atoms with E-state index in [0.29, 0.717) is 5.02 Å². The van der Waals surface area contributed by atoms with Gasteiger partial charge in [0.25, 0.3) is 0 Å². The maximum atomic E-state index is 10.9. The second kappa shape index (κ2) is 5.54. The summed E-state index contributed by atoms with van der Waals surface area (Å²) < 4.78 is 5.70. The van der Waals surface area contributed by atoms with Gasteiger partial charge < -0.3 is 10.5 Å². The number of halogens is 1. The van der Waals surface area contributed by atoms with Crippen molar-refractivity contribution in [1.29, 1.82) is 0 Å². The van der Waals surface area contributed by atoms with E-state index in [4.69, 9.17) is 22.1 Å². The fraction of sp³-hybridized carbons (Fsp3) is 0.500. The number of benzene rings is 1. The Bertz CT molecular complexity index is 445. The summed E-state index contributed by atoms with van der Waals surface area (Å²) in [5, 5.41) is 11.3. The first-order chi connectivity index (χ1) is 8.56. The Morgan fingerprint density at radius 3 is 2.61 bits per heavy atom. The third-order valence-corrected chi connectivity index (χ3v) is 3.37. The largest absolute Gasteiger partial charge is 0.483 e. The second-order valence-electron chi connectivity index (χ2n) is 4.52. The molecule has 1 aliphatic rings. The molecule has 1 saturated carbocycles. The molecule has 2 rings (SSSR count). The lowest BCUT2D eigenvalue weighted by Crippen LogP contribution is -2.31. The quantitative estimate of drug-likeness (QED) is 0.677. The van der Waals surface area contributed by atoms with E-state index >= 15 is 0 Å². The molecule has 98 valence electrons. The number of hydrogen-bond donors (Lipinski definition) is 1. The highest BCUT2D eigenvalue weighted by Crippen LogP contribution is 2.32. The summed E-state index contributed by atoms with van der Waals surface area (Å²) in [6.45, 7) is 0. The number of nitro benzene ring substituents is 1. The Balaban J connectivity index is 2.12. The van der Waals surface area contributed by atoms with Crippen LogP contribution in [0.1, 0.15) is 25.7 Å². The summed E-state index contributed by atoms with van der Waals surface area (Å²) in [6, 6.07) is 4.57. The van der Waals surface area contributed by atoms with Crippen LogP contribution in [0.4, 0.5) is 5.69 Å². The first-order valence-electron chi connectivity index (χ1n) is 5.92. The van der Waals surface area contributed by atoms with Crippen molar-refractivity contribution >= 4 is 17.3 Å². The molecule has 0 bridgehead atoms. The smallest absolute Gasteiger partial charge is 0.311 e. The highest BCUT2D eigenvalue weighted by Gasteiger charge is 2.23. The van der Waals surface area contributed by atoms with E-state index in [9.17, 15) is 10.1 Å². The molecule has 0 aliphatic heterocycles. The molecule has 0 unspecified atom stereocenters. The molecule has 0 spiro atoms. The normalized spacial score (nSPS) is 23.7. The van der Waals surface area contributed by atoms with Gasteiger partial charge in [-0.3, -0.25) is 10.1 Å². The van der Waals surface area contributed by atoms with Crippen molar-refractivity contribution in [1.82, 2.24) is 0 Å². The summed E-state index contributed by atoms with van der Waals surface area (Å²) in [5.74, 6) is 0.243. The van der Waals surface area contributed by atoms with Gasteiger partial charge in [0.2, 0.25) is 0 Å². The van der Waals surface area contributed by atoms with Gasteiger partial charge >= 0.3 is 5.69 Å². The van der Waals surface area contributed by atoms with Crippen LogP contribution in [-0.2, 0) is 0 Å². The number of ether oxygens (including phenoxy) is 1. The van der Waals surface area contributed by atoms with E-state index < -0.39 is 4.92 Å². The molecule has 1 aliphatic carbocycles. The van der Waals surface area contributed by atoms with E-state index in [0.717, 1.165) is 25.7 Å². The maximum absolute atomic E-state index is 10.9. The Morgan fingerprint density at radius 2 is 2.00 bits per heavy atom. The number of nitrogens with two attached hydrogens (primary N) is 1. The minimum atomic E-state index is -0.458. The van der Waals surface area contributed by atoms with Gasteiger partial charge in [-0.1, -0.05) is 11.6 Å². The van der Waals surface area contributed by atoms with Crippen molar-refractivity contribution in [2.24, 2.45) is 5.73 Å². The van der Waals surface area contributed by atoms with Crippen LogP contribution >= 0.6 is 11.6 Å². The zero-order chi connectivity index (χ0) is 13.1. The average molecular weight is 271 g/mol. The van der Waals surface area contributed by atoms with Crippen LogP contribution in [0.15, 0.2) is 18.2 Å². The van der Waals surface area contributed by atoms with Gasteiger partial charge in [-0.2, -0.15) is 0 Å². The SMILES string of the molecule is NC1CCC(Oc2cc(Cl)ccc2[N+](=O)[O-])CC1. The van der Waals surface area contributed by atoms with Crippen molar-refractivity contribution < 1.29 is 9.66 Å². The van der Waals surface area contributed by atoms with Gasteiger partial charge in [0.05, 0.1) is 11.0 Å². The molecule has 0 atom stereocenters. The van der Waals surface area contributed by atoms with Crippen LogP contribution in [0, 0.1) is 10.1 Å².